The fourth-order valence-corrected chi connectivity index (χ4v) is 10.4. The highest BCUT2D eigenvalue weighted by atomic mass is 32.2. The Morgan fingerprint density at radius 1 is 0.887 bits per heavy atom. The molecule has 3 amide bonds. The number of carboxylic acids is 2. The Labute approximate surface area is 424 Å². The predicted molar refractivity (Wildman–Crippen MR) is 278 cm³/mol. The number of esters is 1. The van der Waals surface area contributed by atoms with Gasteiger partial charge in [-0.25, -0.2) is 0 Å². The van der Waals surface area contributed by atoms with Gasteiger partial charge >= 0.3 is 17.9 Å². The molecule has 2 heterocycles. The van der Waals surface area contributed by atoms with Crippen LogP contribution in [0.3, 0.4) is 0 Å². The summed E-state index contributed by atoms with van der Waals surface area (Å²) in [5, 5.41) is 25.9. The van der Waals surface area contributed by atoms with Crippen molar-refractivity contribution in [1.29, 1.82) is 0 Å². The highest BCUT2D eigenvalue weighted by Crippen LogP contribution is 2.45. The number of nitrogens with two attached hydrogens (primary N) is 1. The molecule has 3 aromatic rings. The largest absolute Gasteiger partial charge is 0.497 e. The third-order valence-corrected chi connectivity index (χ3v) is 15.2. The standard InChI is InChI=1S/C54H81N5O11S/c1-32(2)13-10-14-33(3)15-11-16-34(4)17-12-24-54(8)25-22-40-37(7)49(35(5)36(6)50(40)70-54)69-48(63)28-45(52(65)56-26-23-38-29-57-43-20-18-39(68-9)27-41(38)43)71-31-44(51(64)58-30-47(61)62)59-46(60)21-19-42(55)53(66)67/h18,20,27,29,32-34,42,44-45,57H,10-17,19,21-26,28,30-31,55H2,1-9H3,(H,56,65)(H,58,64)(H,59,60)(H,61,62)(H,66,67)/t33-,34-,42?,44?,45?,54-/m1/s1. The Morgan fingerprint density at radius 3 is 2.21 bits per heavy atom. The number of fused-ring (bicyclic) bond motifs is 2. The van der Waals surface area contributed by atoms with Crippen molar-refractivity contribution in [2.75, 3.05) is 26.0 Å². The zero-order chi connectivity index (χ0) is 52.4. The zero-order valence-electron chi connectivity index (χ0n) is 43.6. The number of carbonyl (C=O) groups is 6. The van der Waals surface area contributed by atoms with Crippen LogP contribution in [0.1, 0.15) is 146 Å². The van der Waals surface area contributed by atoms with Gasteiger partial charge in [0.25, 0.3) is 0 Å². The number of aromatic nitrogens is 1. The number of H-pyrrole nitrogens is 1. The molecule has 17 heteroatoms. The molecular formula is C54H81N5O11S. The Balaban J connectivity index is 1.46. The normalized spacial score (nSPS) is 16.5. The molecule has 1 aliphatic heterocycles. The van der Waals surface area contributed by atoms with Crippen LogP contribution in [0.4, 0.5) is 0 Å². The molecule has 16 nitrogen and oxygen atoms in total. The van der Waals surface area contributed by atoms with Crippen molar-refractivity contribution in [3.8, 4) is 17.2 Å². The van der Waals surface area contributed by atoms with Crippen molar-refractivity contribution in [2.24, 2.45) is 23.5 Å². The maximum Gasteiger partial charge on any atom is 0.322 e. The van der Waals surface area contributed by atoms with Gasteiger partial charge in [-0.05, 0) is 124 Å². The number of ether oxygens (including phenoxy) is 3. The number of nitrogens with one attached hydrogen (secondary N) is 4. The molecule has 71 heavy (non-hydrogen) atoms. The number of thioether (sulfide) groups is 1. The highest BCUT2D eigenvalue weighted by Gasteiger charge is 2.36. The highest BCUT2D eigenvalue weighted by molar-refractivity contribution is 8.00. The van der Waals surface area contributed by atoms with Gasteiger partial charge in [0.2, 0.25) is 17.7 Å². The Kier molecular flexibility index (Phi) is 23.1. The van der Waals surface area contributed by atoms with Crippen molar-refractivity contribution >= 4 is 58.3 Å². The van der Waals surface area contributed by atoms with Gasteiger partial charge in [0, 0.05) is 41.4 Å². The monoisotopic (exact) mass is 1010 g/mol. The summed E-state index contributed by atoms with van der Waals surface area (Å²) in [6.07, 6.45) is 13.8. The van der Waals surface area contributed by atoms with Crippen molar-refractivity contribution < 1.29 is 53.2 Å². The van der Waals surface area contributed by atoms with E-state index in [1.165, 1.54) is 38.5 Å². The van der Waals surface area contributed by atoms with E-state index in [-0.39, 0.29) is 30.7 Å². The van der Waals surface area contributed by atoms with E-state index in [0.29, 0.717) is 23.8 Å². The average molecular weight is 1010 g/mol. The fourth-order valence-electron chi connectivity index (χ4n) is 9.23. The number of carbonyl (C=O) groups excluding carboxylic acids is 4. The third-order valence-electron chi connectivity index (χ3n) is 13.9. The topological polar surface area (TPSA) is 248 Å². The maximum atomic E-state index is 14.0. The van der Waals surface area contributed by atoms with Crippen LogP contribution < -0.4 is 35.9 Å². The summed E-state index contributed by atoms with van der Waals surface area (Å²) in [6, 6.07) is 2.96. The second-order valence-electron chi connectivity index (χ2n) is 20.4. The van der Waals surface area contributed by atoms with Crippen LogP contribution >= 0.6 is 11.8 Å². The molecule has 0 saturated carbocycles. The smallest absolute Gasteiger partial charge is 0.322 e. The average Bonchev–Trinajstić information content (AvgIpc) is 3.72. The number of rotatable bonds is 31. The van der Waals surface area contributed by atoms with E-state index in [4.69, 9.17) is 19.9 Å². The molecular weight excluding hydrogens is 927 g/mol. The van der Waals surface area contributed by atoms with Gasteiger partial charge in [-0.3, -0.25) is 28.8 Å². The van der Waals surface area contributed by atoms with E-state index < -0.39 is 65.9 Å². The van der Waals surface area contributed by atoms with Crippen LogP contribution in [0.25, 0.3) is 10.9 Å². The second kappa shape index (κ2) is 28.1. The van der Waals surface area contributed by atoms with E-state index in [2.05, 4.69) is 55.6 Å². The van der Waals surface area contributed by atoms with Crippen LogP contribution in [0.15, 0.2) is 24.4 Å². The van der Waals surface area contributed by atoms with Gasteiger partial charge in [-0.2, -0.15) is 0 Å². The molecule has 0 radical (unpaired) electrons. The number of aromatic amines is 1. The SMILES string of the molecule is COc1ccc2[nH]cc(CCNC(=O)C(CC(=O)Oc3c(C)c(C)c4c(c3C)CC[C@@](C)(CCC[C@H](C)CCC[C@H](C)CCCC(C)C)O4)SCC(NC(=O)CCC(N)C(=O)O)C(=O)NCC(=O)O)c2c1. The summed E-state index contributed by atoms with van der Waals surface area (Å²) in [5.41, 5.74) is 10.5. The van der Waals surface area contributed by atoms with Crippen LogP contribution in [-0.4, -0.2) is 99.7 Å². The Morgan fingerprint density at radius 2 is 1.56 bits per heavy atom. The fraction of sp³-hybridized carbons (Fsp3) is 0.630. The second-order valence-corrected chi connectivity index (χ2v) is 21.6. The molecule has 0 saturated heterocycles. The van der Waals surface area contributed by atoms with Gasteiger partial charge in [0.15, 0.2) is 0 Å². The Bertz CT molecular complexity index is 2300. The number of hydrogen-bond donors (Lipinski definition) is 7. The van der Waals surface area contributed by atoms with Crippen LogP contribution in [0.2, 0.25) is 0 Å². The molecule has 2 aromatic carbocycles. The third kappa shape index (κ3) is 18.4. The predicted octanol–water partition coefficient (Wildman–Crippen LogP) is 8.26. The van der Waals surface area contributed by atoms with Gasteiger partial charge in [0.05, 0.1) is 18.8 Å². The van der Waals surface area contributed by atoms with Gasteiger partial charge in [0.1, 0.15) is 41.5 Å². The van der Waals surface area contributed by atoms with Gasteiger partial charge in [-0.15, -0.1) is 11.8 Å². The van der Waals surface area contributed by atoms with Crippen LogP contribution in [0.5, 0.6) is 17.2 Å². The lowest BCUT2D eigenvalue weighted by Gasteiger charge is -2.38. The number of aliphatic carboxylic acids is 2. The Hall–Kier alpha value is -5.29. The van der Waals surface area contributed by atoms with Crippen LogP contribution in [0, 0.1) is 38.5 Å². The minimum atomic E-state index is -1.36. The number of carboxylic acid groups (broad SMARTS) is 2. The summed E-state index contributed by atoms with van der Waals surface area (Å²) < 4.78 is 18.4. The summed E-state index contributed by atoms with van der Waals surface area (Å²) in [5.74, 6) is -1.52. The van der Waals surface area contributed by atoms with Crippen molar-refractivity contribution in [3.05, 3.63) is 52.2 Å². The first-order chi connectivity index (χ1) is 33.6. The zero-order valence-corrected chi connectivity index (χ0v) is 44.4. The molecule has 394 valence electrons. The molecule has 0 fully saturated rings. The first-order valence-electron chi connectivity index (χ1n) is 25.4. The minimum absolute atomic E-state index is 0.191. The summed E-state index contributed by atoms with van der Waals surface area (Å²) in [6.45, 7) is 16.8. The first-order valence-corrected chi connectivity index (χ1v) is 26.5. The molecule has 0 spiro atoms. The lowest BCUT2D eigenvalue weighted by molar-refractivity contribution is -0.139. The van der Waals surface area contributed by atoms with Crippen LogP contribution in [-0.2, 0) is 41.6 Å². The number of amides is 3. The number of benzene rings is 2. The maximum absolute atomic E-state index is 14.0. The van der Waals surface area contributed by atoms with E-state index in [0.717, 1.165) is 100 Å². The molecule has 1 aliphatic rings. The van der Waals surface area contributed by atoms with Crippen molar-refractivity contribution in [3.63, 3.8) is 0 Å². The molecule has 0 aliphatic carbocycles. The van der Waals surface area contributed by atoms with E-state index in [1.807, 2.05) is 45.2 Å². The number of methoxy groups -OCH3 is 1. The lowest BCUT2D eigenvalue weighted by atomic mass is 9.83. The van der Waals surface area contributed by atoms with Gasteiger partial charge in [-0.1, -0.05) is 72.6 Å². The van der Waals surface area contributed by atoms with Crippen molar-refractivity contribution in [1.82, 2.24) is 20.9 Å². The molecule has 1 aromatic heterocycles. The quantitative estimate of drug-likeness (QED) is 0.0237. The van der Waals surface area contributed by atoms with Crippen molar-refractivity contribution in [2.45, 2.75) is 175 Å². The van der Waals surface area contributed by atoms with E-state index >= 15 is 0 Å². The molecule has 3 unspecified atom stereocenters. The summed E-state index contributed by atoms with van der Waals surface area (Å²) in [7, 11) is 1.58. The number of hydrogen-bond acceptors (Lipinski definition) is 11. The molecule has 0 bridgehead atoms. The minimum Gasteiger partial charge on any atom is -0.497 e. The molecule has 6 atom stereocenters. The lowest BCUT2D eigenvalue weighted by Crippen LogP contribution is -2.50. The summed E-state index contributed by atoms with van der Waals surface area (Å²) in [4.78, 5) is 80.0. The first kappa shape index (κ1) is 58.3. The van der Waals surface area contributed by atoms with Gasteiger partial charge < -0.3 is 51.1 Å². The summed E-state index contributed by atoms with van der Waals surface area (Å²) >= 11 is 0.919. The molecule has 4 rings (SSSR count). The van der Waals surface area contributed by atoms with E-state index in [9.17, 15) is 39.0 Å². The van der Waals surface area contributed by atoms with E-state index in [1.54, 1.807) is 7.11 Å². The molecule has 8 N–H and O–H groups in total.